The smallest absolute Gasteiger partial charge is 0.415 e. The van der Waals surface area contributed by atoms with Crippen molar-refractivity contribution in [3.8, 4) is 0 Å². The van der Waals surface area contributed by atoms with Gasteiger partial charge in [-0.3, -0.25) is 4.90 Å². The Kier molecular flexibility index (Phi) is 4.47. The monoisotopic (exact) mass is 331 g/mol. The highest BCUT2D eigenvalue weighted by Crippen LogP contribution is 2.26. The molecule has 1 saturated heterocycles. The molecule has 1 atom stereocenters. The van der Waals surface area contributed by atoms with Gasteiger partial charge in [0, 0.05) is 5.69 Å². The maximum Gasteiger partial charge on any atom is 0.415 e. The summed E-state index contributed by atoms with van der Waals surface area (Å²) in [6, 6.07) is 11.0. The number of anilines is 2. The van der Waals surface area contributed by atoms with Gasteiger partial charge in [-0.25, -0.2) is 9.59 Å². The fourth-order valence-corrected chi connectivity index (χ4v) is 2.98. The Morgan fingerprint density at radius 3 is 2.83 bits per heavy atom. The van der Waals surface area contributed by atoms with Gasteiger partial charge in [-0.1, -0.05) is 17.7 Å². The molecule has 0 saturated carbocycles. The maximum absolute atomic E-state index is 11.9. The highest BCUT2D eigenvalue weighted by Gasteiger charge is 2.32. The molecule has 1 fully saturated rings. The average Bonchev–Trinajstić information content (AvgIpc) is 3.17. The Morgan fingerprint density at radius 2 is 2.13 bits per heavy atom. The Labute approximate surface area is 138 Å². The summed E-state index contributed by atoms with van der Waals surface area (Å²) in [5, 5.41) is 8.22. The van der Waals surface area contributed by atoms with Gasteiger partial charge < -0.3 is 15.4 Å². The zero-order valence-corrected chi connectivity index (χ0v) is 13.4. The summed E-state index contributed by atoms with van der Waals surface area (Å²) in [6.45, 7) is 2.69. The zero-order chi connectivity index (χ0) is 16.2. The van der Waals surface area contributed by atoms with Gasteiger partial charge in [-0.05, 0) is 36.6 Å². The number of thiophene rings is 1. The molecule has 1 aliphatic heterocycles. The summed E-state index contributed by atoms with van der Waals surface area (Å²) >= 11 is 1.48. The van der Waals surface area contributed by atoms with Crippen LogP contribution in [0.3, 0.4) is 0 Å². The number of carbonyl (C=O) groups excluding carboxylic acids is 2. The molecule has 7 heteroatoms. The molecule has 23 heavy (non-hydrogen) atoms. The third-order valence-corrected chi connectivity index (χ3v) is 4.34. The van der Waals surface area contributed by atoms with Gasteiger partial charge in [0.1, 0.15) is 11.1 Å². The average molecular weight is 331 g/mol. The Hall–Kier alpha value is -2.54. The number of rotatable bonds is 4. The minimum atomic E-state index is -0.377. The van der Waals surface area contributed by atoms with Crippen LogP contribution >= 0.6 is 11.3 Å². The molecule has 0 bridgehead atoms. The second-order valence-electron chi connectivity index (χ2n) is 5.27. The SMILES string of the molecule is Cc1ccc(NC(=O)NCC2CN(c3cccs3)C(=O)O2)cc1. The van der Waals surface area contributed by atoms with Crippen molar-refractivity contribution in [2.75, 3.05) is 23.3 Å². The molecule has 1 unspecified atom stereocenters. The Bertz CT molecular complexity index is 685. The summed E-state index contributed by atoms with van der Waals surface area (Å²) in [5.41, 5.74) is 1.85. The Morgan fingerprint density at radius 1 is 1.35 bits per heavy atom. The van der Waals surface area contributed by atoms with Gasteiger partial charge in [0.2, 0.25) is 0 Å². The van der Waals surface area contributed by atoms with Crippen LogP contribution in [0.2, 0.25) is 0 Å². The highest BCUT2D eigenvalue weighted by atomic mass is 32.1. The van der Waals surface area contributed by atoms with Crippen LogP contribution in [-0.2, 0) is 4.74 Å². The summed E-state index contributed by atoms with van der Waals surface area (Å²) < 4.78 is 5.27. The number of nitrogens with one attached hydrogen (secondary N) is 2. The van der Waals surface area contributed by atoms with Crippen LogP contribution in [0.5, 0.6) is 0 Å². The molecule has 0 spiro atoms. The molecule has 1 aliphatic rings. The number of ether oxygens (including phenoxy) is 1. The van der Waals surface area contributed by atoms with Crippen molar-refractivity contribution in [3.05, 3.63) is 47.3 Å². The molecule has 0 aliphatic carbocycles. The van der Waals surface area contributed by atoms with Crippen LogP contribution in [0.15, 0.2) is 41.8 Å². The number of carbonyl (C=O) groups is 2. The molecule has 1 aromatic heterocycles. The van der Waals surface area contributed by atoms with E-state index in [0.29, 0.717) is 6.54 Å². The van der Waals surface area contributed by atoms with Gasteiger partial charge >= 0.3 is 12.1 Å². The van der Waals surface area contributed by atoms with E-state index in [-0.39, 0.29) is 24.8 Å². The highest BCUT2D eigenvalue weighted by molar-refractivity contribution is 7.14. The second-order valence-corrected chi connectivity index (χ2v) is 6.19. The van der Waals surface area contributed by atoms with Crippen molar-refractivity contribution >= 4 is 34.1 Å². The number of urea groups is 1. The van der Waals surface area contributed by atoms with Gasteiger partial charge in [0.05, 0.1) is 13.1 Å². The number of hydrogen-bond acceptors (Lipinski definition) is 4. The van der Waals surface area contributed by atoms with E-state index in [4.69, 9.17) is 4.74 Å². The van der Waals surface area contributed by atoms with Crippen molar-refractivity contribution in [2.45, 2.75) is 13.0 Å². The number of aryl methyl sites for hydroxylation is 1. The topological polar surface area (TPSA) is 70.7 Å². The molecule has 2 N–H and O–H groups in total. The molecule has 120 valence electrons. The van der Waals surface area contributed by atoms with E-state index in [9.17, 15) is 9.59 Å². The predicted octanol–water partition coefficient (Wildman–Crippen LogP) is 3.20. The van der Waals surface area contributed by atoms with Gasteiger partial charge in [-0.15, -0.1) is 11.3 Å². The van der Waals surface area contributed by atoms with E-state index in [2.05, 4.69) is 10.6 Å². The fourth-order valence-electron chi connectivity index (χ4n) is 2.25. The first-order chi connectivity index (χ1) is 11.1. The number of nitrogens with zero attached hydrogens (tertiary/aromatic N) is 1. The number of hydrogen-bond donors (Lipinski definition) is 2. The molecule has 6 nitrogen and oxygen atoms in total. The van der Waals surface area contributed by atoms with Gasteiger partial charge in [0.25, 0.3) is 0 Å². The summed E-state index contributed by atoms with van der Waals surface area (Å²) in [5.74, 6) is 0. The molecule has 3 amide bonds. The summed E-state index contributed by atoms with van der Waals surface area (Å²) in [6.07, 6.45) is -0.730. The maximum atomic E-state index is 11.9. The molecule has 3 rings (SSSR count). The molecular formula is C16H17N3O3S. The first-order valence-corrected chi connectivity index (χ1v) is 8.13. The lowest BCUT2D eigenvalue weighted by molar-refractivity contribution is 0.141. The van der Waals surface area contributed by atoms with Crippen LogP contribution in [0.1, 0.15) is 5.56 Å². The first kappa shape index (κ1) is 15.4. The van der Waals surface area contributed by atoms with Crippen LogP contribution in [-0.4, -0.2) is 31.3 Å². The predicted molar refractivity (Wildman–Crippen MR) is 90.1 cm³/mol. The summed E-state index contributed by atoms with van der Waals surface area (Å²) in [7, 11) is 0. The standard InChI is InChI=1S/C16H17N3O3S/c1-11-4-6-12(7-5-11)18-15(20)17-9-13-10-19(16(21)22-13)14-3-2-8-23-14/h2-8,13H,9-10H2,1H3,(H2,17,18,20). The van der Waals surface area contributed by atoms with Crippen molar-refractivity contribution in [1.29, 1.82) is 0 Å². The minimum absolute atomic E-state index is 0.269. The lowest BCUT2D eigenvalue weighted by atomic mass is 10.2. The van der Waals surface area contributed by atoms with E-state index in [0.717, 1.165) is 16.3 Å². The molecule has 2 aromatic rings. The lowest BCUT2D eigenvalue weighted by Crippen LogP contribution is -2.37. The quantitative estimate of drug-likeness (QED) is 0.904. The van der Waals surface area contributed by atoms with Crippen molar-refractivity contribution in [3.63, 3.8) is 0 Å². The Balaban J connectivity index is 1.48. The van der Waals surface area contributed by atoms with Crippen molar-refractivity contribution < 1.29 is 14.3 Å². The van der Waals surface area contributed by atoms with Crippen LogP contribution in [0.25, 0.3) is 0 Å². The van der Waals surface area contributed by atoms with E-state index in [1.165, 1.54) is 11.3 Å². The number of cyclic esters (lactones) is 1. The van der Waals surface area contributed by atoms with Crippen molar-refractivity contribution in [1.82, 2.24) is 5.32 Å². The minimum Gasteiger partial charge on any atom is -0.442 e. The number of amides is 3. The van der Waals surface area contributed by atoms with E-state index in [1.54, 1.807) is 4.90 Å². The van der Waals surface area contributed by atoms with Crippen molar-refractivity contribution in [2.24, 2.45) is 0 Å². The van der Waals surface area contributed by atoms with E-state index >= 15 is 0 Å². The third-order valence-electron chi connectivity index (χ3n) is 3.45. The normalized spacial score (nSPS) is 17.0. The zero-order valence-electron chi connectivity index (χ0n) is 12.6. The largest absolute Gasteiger partial charge is 0.442 e. The number of benzene rings is 1. The fraction of sp³-hybridized carbons (Fsp3) is 0.250. The second kappa shape index (κ2) is 6.70. The van der Waals surface area contributed by atoms with Gasteiger partial charge in [-0.2, -0.15) is 0 Å². The van der Waals surface area contributed by atoms with E-state index < -0.39 is 0 Å². The molecular weight excluding hydrogens is 314 g/mol. The molecule has 1 aromatic carbocycles. The lowest BCUT2D eigenvalue weighted by Gasteiger charge is -2.11. The van der Waals surface area contributed by atoms with E-state index in [1.807, 2.05) is 48.7 Å². The van der Waals surface area contributed by atoms with Crippen LogP contribution in [0.4, 0.5) is 20.3 Å². The molecule has 2 heterocycles. The van der Waals surface area contributed by atoms with Crippen LogP contribution in [0, 0.1) is 6.92 Å². The first-order valence-electron chi connectivity index (χ1n) is 7.25. The molecule has 0 radical (unpaired) electrons. The third kappa shape index (κ3) is 3.81. The van der Waals surface area contributed by atoms with Gasteiger partial charge in [0.15, 0.2) is 0 Å². The summed E-state index contributed by atoms with van der Waals surface area (Å²) in [4.78, 5) is 25.3. The van der Waals surface area contributed by atoms with Crippen LogP contribution < -0.4 is 15.5 Å².